The number of sulfone groups is 1. The van der Waals surface area contributed by atoms with Crippen molar-refractivity contribution in [1.82, 2.24) is 0 Å². The van der Waals surface area contributed by atoms with E-state index in [4.69, 9.17) is 4.74 Å². The first-order valence-corrected chi connectivity index (χ1v) is 9.26. The van der Waals surface area contributed by atoms with Gasteiger partial charge in [-0.3, -0.25) is 10.1 Å². The fraction of sp³-hybridized carbons (Fsp3) is 0.176. The van der Waals surface area contributed by atoms with Gasteiger partial charge in [-0.15, -0.1) is 0 Å². The molecule has 144 valence electrons. The fourth-order valence-corrected chi connectivity index (χ4v) is 2.75. The Kier molecular flexibility index (Phi) is 6.45. The Morgan fingerprint density at radius 1 is 0.963 bits per heavy atom. The maximum Gasteiger partial charge on any atom is 0.411 e. The van der Waals surface area contributed by atoms with Crippen molar-refractivity contribution in [3.8, 4) is 0 Å². The zero-order valence-electron chi connectivity index (χ0n) is 14.1. The van der Waals surface area contributed by atoms with Gasteiger partial charge in [-0.1, -0.05) is 0 Å². The molecule has 2 amide bonds. The molecule has 0 aliphatic heterocycles. The second-order valence-corrected chi connectivity index (χ2v) is 7.12. The van der Waals surface area contributed by atoms with Crippen LogP contribution in [0.4, 0.5) is 25.0 Å². The first-order chi connectivity index (χ1) is 12.7. The maximum atomic E-state index is 12.5. The lowest BCUT2D eigenvalue weighted by atomic mass is 10.2. The Morgan fingerprint density at radius 2 is 1.48 bits per heavy atom. The predicted octanol–water partition coefficient (Wildman–Crippen LogP) is 3.50. The quantitative estimate of drug-likeness (QED) is 0.775. The summed E-state index contributed by atoms with van der Waals surface area (Å²) in [6.07, 6.45) is -0.617. The molecule has 0 spiro atoms. The molecular formula is C17H16F2N2O5S. The molecule has 2 N–H and O–H groups in total. The van der Waals surface area contributed by atoms with Crippen LogP contribution in [0, 0.1) is 0 Å². The number of halogens is 2. The average Bonchev–Trinajstić information content (AvgIpc) is 2.62. The SMILES string of the molecule is CCOC(=O)Nc1ccc(C(=O)Nc2ccc(S(=O)(=O)C(F)F)cc2)cc1. The summed E-state index contributed by atoms with van der Waals surface area (Å²) in [6.45, 7) is 1.90. The largest absolute Gasteiger partial charge is 0.450 e. The minimum Gasteiger partial charge on any atom is -0.450 e. The number of carbonyl (C=O) groups excluding carboxylic acids is 2. The number of hydrogen-bond donors (Lipinski definition) is 2. The van der Waals surface area contributed by atoms with Crippen molar-refractivity contribution in [3.05, 3.63) is 54.1 Å². The van der Waals surface area contributed by atoms with E-state index in [1.807, 2.05) is 0 Å². The Morgan fingerprint density at radius 3 is 2.00 bits per heavy atom. The maximum absolute atomic E-state index is 12.5. The minimum absolute atomic E-state index is 0.226. The first-order valence-electron chi connectivity index (χ1n) is 7.71. The lowest BCUT2D eigenvalue weighted by Gasteiger charge is -2.08. The van der Waals surface area contributed by atoms with Gasteiger partial charge in [-0.05, 0) is 55.5 Å². The molecule has 0 fully saturated rings. The van der Waals surface area contributed by atoms with Crippen molar-refractivity contribution in [3.63, 3.8) is 0 Å². The molecule has 0 radical (unpaired) electrons. The summed E-state index contributed by atoms with van der Waals surface area (Å²) in [5.41, 5.74) is 0.946. The van der Waals surface area contributed by atoms with Crippen LogP contribution in [-0.4, -0.2) is 32.8 Å². The Bertz CT molecular complexity index is 913. The third kappa shape index (κ3) is 5.23. The molecular weight excluding hydrogens is 382 g/mol. The molecule has 7 nitrogen and oxygen atoms in total. The van der Waals surface area contributed by atoms with E-state index in [0.29, 0.717) is 5.69 Å². The van der Waals surface area contributed by atoms with Gasteiger partial charge < -0.3 is 10.1 Å². The summed E-state index contributed by atoms with van der Waals surface area (Å²) in [5, 5.41) is 4.99. The minimum atomic E-state index is -4.68. The van der Waals surface area contributed by atoms with E-state index in [9.17, 15) is 26.8 Å². The number of rotatable bonds is 6. The van der Waals surface area contributed by atoms with Crippen LogP contribution in [-0.2, 0) is 14.6 Å². The summed E-state index contributed by atoms with van der Waals surface area (Å²) >= 11 is 0. The van der Waals surface area contributed by atoms with Gasteiger partial charge in [-0.25, -0.2) is 13.2 Å². The molecule has 0 aliphatic rings. The summed E-state index contributed by atoms with van der Waals surface area (Å²) in [5.74, 6) is -4.01. The molecule has 0 saturated heterocycles. The van der Waals surface area contributed by atoms with Crippen LogP contribution in [0.3, 0.4) is 0 Å². The van der Waals surface area contributed by atoms with Crippen molar-refractivity contribution in [1.29, 1.82) is 0 Å². The zero-order valence-corrected chi connectivity index (χ0v) is 14.9. The van der Waals surface area contributed by atoms with Gasteiger partial charge in [0.25, 0.3) is 5.91 Å². The zero-order chi connectivity index (χ0) is 20.0. The number of amides is 2. The normalized spacial score (nSPS) is 11.1. The van der Waals surface area contributed by atoms with E-state index >= 15 is 0 Å². The van der Waals surface area contributed by atoms with Crippen LogP contribution in [0.2, 0.25) is 0 Å². The molecule has 0 unspecified atom stereocenters. The molecule has 2 aromatic rings. The smallest absolute Gasteiger partial charge is 0.411 e. The van der Waals surface area contributed by atoms with Crippen LogP contribution < -0.4 is 10.6 Å². The molecule has 0 bridgehead atoms. The highest BCUT2D eigenvalue weighted by Gasteiger charge is 2.26. The van der Waals surface area contributed by atoms with Gasteiger partial charge in [0.15, 0.2) is 0 Å². The first kappa shape index (κ1) is 20.3. The Balaban J connectivity index is 2.04. The molecule has 0 saturated carbocycles. The van der Waals surface area contributed by atoms with Crippen LogP contribution in [0.5, 0.6) is 0 Å². The Labute approximate surface area is 154 Å². The lowest BCUT2D eigenvalue weighted by Crippen LogP contribution is -2.15. The van der Waals surface area contributed by atoms with E-state index in [1.165, 1.54) is 36.4 Å². The summed E-state index contributed by atoms with van der Waals surface area (Å²) in [6, 6.07) is 10.3. The number of hydrogen-bond acceptors (Lipinski definition) is 5. The van der Waals surface area contributed by atoms with Gasteiger partial charge in [-0.2, -0.15) is 8.78 Å². The van der Waals surface area contributed by atoms with Crippen molar-refractivity contribution in [2.75, 3.05) is 17.2 Å². The molecule has 0 heterocycles. The monoisotopic (exact) mass is 398 g/mol. The number of ether oxygens (including phenoxy) is 1. The van der Waals surface area contributed by atoms with E-state index in [-0.39, 0.29) is 17.9 Å². The number of carbonyl (C=O) groups is 2. The van der Waals surface area contributed by atoms with Crippen molar-refractivity contribution >= 4 is 33.2 Å². The average molecular weight is 398 g/mol. The molecule has 27 heavy (non-hydrogen) atoms. The van der Waals surface area contributed by atoms with Crippen molar-refractivity contribution < 1.29 is 31.5 Å². The van der Waals surface area contributed by atoms with E-state index in [0.717, 1.165) is 12.1 Å². The third-order valence-corrected chi connectivity index (χ3v) is 4.74. The molecule has 2 rings (SSSR count). The van der Waals surface area contributed by atoms with Gasteiger partial charge in [0.2, 0.25) is 9.84 Å². The highest BCUT2D eigenvalue weighted by molar-refractivity contribution is 7.91. The van der Waals surface area contributed by atoms with Gasteiger partial charge >= 0.3 is 11.9 Å². The standard InChI is InChI=1S/C17H16F2N2O5S/c1-2-26-17(23)21-13-5-3-11(4-6-13)15(22)20-12-7-9-14(10-8-12)27(24,25)16(18)19/h3-10,16H,2H2,1H3,(H,20,22)(H,21,23). The number of benzene rings is 2. The van der Waals surface area contributed by atoms with E-state index in [2.05, 4.69) is 10.6 Å². The van der Waals surface area contributed by atoms with Gasteiger partial charge in [0, 0.05) is 16.9 Å². The van der Waals surface area contributed by atoms with E-state index < -0.39 is 32.5 Å². The second-order valence-electron chi connectivity index (χ2n) is 5.21. The molecule has 0 aromatic heterocycles. The van der Waals surface area contributed by atoms with Crippen LogP contribution >= 0.6 is 0 Å². The van der Waals surface area contributed by atoms with Crippen LogP contribution in [0.25, 0.3) is 0 Å². The fourth-order valence-electron chi connectivity index (χ4n) is 2.02. The van der Waals surface area contributed by atoms with Crippen molar-refractivity contribution in [2.45, 2.75) is 17.6 Å². The molecule has 2 aromatic carbocycles. The number of anilines is 2. The molecule has 0 aliphatic carbocycles. The summed E-state index contributed by atoms with van der Waals surface area (Å²) in [7, 11) is -4.68. The van der Waals surface area contributed by atoms with Gasteiger partial charge in [0.1, 0.15) is 0 Å². The van der Waals surface area contributed by atoms with Gasteiger partial charge in [0.05, 0.1) is 11.5 Å². The van der Waals surface area contributed by atoms with Crippen molar-refractivity contribution in [2.24, 2.45) is 0 Å². The molecule has 0 atom stereocenters. The second kappa shape index (κ2) is 8.58. The highest BCUT2D eigenvalue weighted by Crippen LogP contribution is 2.20. The number of alkyl halides is 2. The van der Waals surface area contributed by atoms with Crippen LogP contribution in [0.1, 0.15) is 17.3 Å². The third-order valence-electron chi connectivity index (χ3n) is 3.34. The summed E-state index contributed by atoms with van der Waals surface area (Å²) < 4.78 is 52.4. The Hall–Kier alpha value is -3.01. The van der Waals surface area contributed by atoms with E-state index in [1.54, 1.807) is 6.92 Å². The summed E-state index contributed by atoms with van der Waals surface area (Å²) in [4.78, 5) is 23.0. The number of nitrogens with one attached hydrogen (secondary N) is 2. The lowest BCUT2D eigenvalue weighted by molar-refractivity contribution is 0.102. The highest BCUT2D eigenvalue weighted by atomic mass is 32.2. The molecule has 10 heteroatoms. The van der Waals surface area contributed by atoms with Crippen LogP contribution in [0.15, 0.2) is 53.4 Å². The predicted molar refractivity (Wildman–Crippen MR) is 94.7 cm³/mol. The topological polar surface area (TPSA) is 102 Å².